The van der Waals surface area contributed by atoms with Crippen LogP contribution >= 0.6 is 0 Å². The van der Waals surface area contributed by atoms with Gasteiger partial charge in [0.25, 0.3) is 10.0 Å². The van der Waals surface area contributed by atoms with Gasteiger partial charge in [-0.05, 0) is 6.07 Å². The Morgan fingerprint density at radius 1 is 1.48 bits per heavy atom. The standard InChI is InChI=1S/C12H11N5O3S/c13-4-9-1-2-15-11(3-9)20-10-6-17(7-10)21(18,19)12-5-14-8-16-12/h1-3,5,8,10H,6-7H2,(H,14,16). The lowest BCUT2D eigenvalue weighted by atomic mass is 10.2. The molecular weight excluding hydrogens is 294 g/mol. The molecule has 3 rings (SSSR count). The first-order chi connectivity index (χ1) is 10.1. The quantitative estimate of drug-likeness (QED) is 0.859. The van der Waals surface area contributed by atoms with Crippen molar-refractivity contribution in [2.45, 2.75) is 11.1 Å². The zero-order chi connectivity index (χ0) is 14.9. The first-order valence-corrected chi connectivity index (χ1v) is 7.55. The van der Waals surface area contributed by atoms with Gasteiger partial charge in [-0.25, -0.2) is 18.4 Å². The van der Waals surface area contributed by atoms with Crippen LogP contribution < -0.4 is 4.74 Å². The molecule has 0 saturated carbocycles. The van der Waals surface area contributed by atoms with E-state index in [1.165, 1.54) is 29.1 Å². The molecule has 0 aromatic carbocycles. The highest BCUT2D eigenvalue weighted by Gasteiger charge is 2.39. The molecule has 108 valence electrons. The zero-order valence-electron chi connectivity index (χ0n) is 10.8. The maximum absolute atomic E-state index is 12.1. The number of nitriles is 1. The van der Waals surface area contributed by atoms with E-state index in [1.807, 2.05) is 6.07 Å². The van der Waals surface area contributed by atoms with E-state index in [4.69, 9.17) is 10.00 Å². The Morgan fingerprint density at radius 3 is 2.95 bits per heavy atom. The minimum absolute atomic E-state index is 0.0607. The van der Waals surface area contributed by atoms with E-state index in [1.54, 1.807) is 6.07 Å². The van der Waals surface area contributed by atoms with Crippen LogP contribution in [0.25, 0.3) is 0 Å². The molecule has 1 aliphatic heterocycles. The Bertz CT molecular complexity index is 775. The smallest absolute Gasteiger partial charge is 0.260 e. The van der Waals surface area contributed by atoms with Crippen molar-refractivity contribution in [1.82, 2.24) is 19.3 Å². The third-order valence-corrected chi connectivity index (χ3v) is 4.81. The number of aromatic nitrogens is 3. The lowest BCUT2D eigenvalue weighted by molar-refractivity contribution is 0.0719. The lowest BCUT2D eigenvalue weighted by Crippen LogP contribution is -2.56. The topological polar surface area (TPSA) is 112 Å². The van der Waals surface area contributed by atoms with Gasteiger partial charge in [0.1, 0.15) is 6.10 Å². The van der Waals surface area contributed by atoms with Crippen molar-refractivity contribution >= 4 is 10.0 Å². The molecule has 0 aliphatic carbocycles. The molecule has 0 atom stereocenters. The molecule has 8 nitrogen and oxygen atoms in total. The summed E-state index contributed by atoms with van der Waals surface area (Å²) < 4.78 is 31.1. The molecule has 0 spiro atoms. The molecule has 1 aliphatic rings. The molecule has 1 fully saturated rings. The number of hydrogen-bond acceptors (Lipinski definition) is 6. The molecule has 0 bridgehead atoms. The fourth-order valence-electron chi connectivity index (χ4n) is 1.91. The van der Waals surface area contributed by atoms with Gasteiger partial charge >= 0.3 is 0 Å². The summed E-state index contributed by atoms with van der Waals surface area (Å²) in [7, 11) is -3.53. The zero-order valence-corrected chi connectivity index (χ0v) is 11.6. The maximum atomic E-state index is 12.1. The van der Waals surface area contributed by atoms with E-state index in [2.05, 4.69) is 15.0 Å². The predicted octanol–water partition coefficient (Wildman–Crippen LogP) is 0.128. The number of ether oxygens (including phenoxy) is 1. The number of hydrogen-bond donors (Lipinski definition) is 1. The van der Waals surface area contributed by atoms with Crippen molar-refractivity contribution in [2.24, 2.45) is 0 Å². The number of aromatic amines is 1. The van der Waals surface area contributed by atoms with Gasteiger partial charge in [-0.1, -0.05) is 0 Å². The fraction of sp³-hybridized carbons (Fsp3) is 0.250. The van der Waals surface area contributed by atoms with Crippen molar-refractivity contribution < 1.29 is 13.2 Å². The predicted molar refractivity (Wildman–Crippen MR) is 70.7 cm³/mol. The van der Waals surface area contributed by atoms with E-state index < -0.39 is 10.0 Å². The van der Waals surface area contributed by atoms with Crippen LogP contribution in [0.5, 0.6) is 5.88 Å². The molecule has 3 heterocycles. The normalized spacial score (nSPS) is 16.1. The Kier molecular flexibility index (Phi) is 3.32. The second-order valence-electron chi connectivity index (χ2n) is 4.47. The molecule has 1 N–H and O–H groups in total. The summed E-state index contributed by atoms with van der Waals surface area (Å²) in [4.78, 5) is 10.3. The summed E-state index contributed by atoms with van der Waals surface area (Å²) in [5.41, 5.74) is 0.446. The summed E-state index contributed by atoms with van der Waals surface area (Å²) in [5, 5.41) is 8.85. The van der Waals surface area contributed by atoms with Gasteiger partial charge in [0, 0.05) is 12.3 Å². The highest BCUT2D eigenvalue weighted by Crippen LogP contribution is 2.22. The van der Waals surface area contributed by atoms with Crippen molar-refractivity contribution in [2.75, 3.05) is 13.1 Å². The number of nitrogens with one attached hydrogen (secondary N) is 1. The molecule has 2 aromatic rings. The minimum Gasteiger partial charge on any atom is -0.471 e. The van der Waals surface area contributed by atoms with Crippen LogP contribution in [0.4, 0.5) is 0 Å². The van der Waals surface area contributed by atoms with Crippen molar-refractivity contribution in [3.8, 4) is 11.9 Å². The Hall–Kier alpha value is -2.44. The van der Waals surface area contributed by atoms with Gasteiger partial charge in [-0.15, -0.1) is 0 Å². The highest BCUT2D eigenvalue weighted by molar-refractivity contribution is 7.89. The Balaban J connectivity index is 1.63. The van der Waals surface area contributed by atoms with Crippen molar-refractivity contribution in [3.63, 3.8) is 0 Å². The Labute approximate surface area is 121 Å². The number of rotatable bonds is 4. The number of H-pyrrole nitrogens is 1. The van der Waals surface area contributed by atoms with Crippen molar-refractivity contribution in [3.05, 3.63) is 36.4 Å². The first-order valence-electron chi connectivity index (χ1n) is 6.11. The SMILES string of the molecule is N#Cc1ccnc(OC2CN(S(=O)(=O)c3cnc[nH]3)C2)c1. The van der Waals surface area contributed by atoms with E-state index >= 15 is 0 Å². The summed E-state index contributed by atoms with van der Waals surface area (Å²) >= 11 is 0. The second-order valence-corrected chi connectivity index (χ2v) is 6.38. The van der Waals surface area contributed by atoms with E-state index in [0.717, 1.165) is 0 Å². The lowest BCUT2D eigenvalue weighted by Gasteiger charge is -2.36. The number of sulfonamides is 1. The molecular formula is C12H11N5O3S. The highest BCUT2D eigenvalue weighted by atomic mass is 32.2. The van der Waals surface area contributed by atoms with Crippen LogP contribution in [0, 0.1) is 11.3 Å². The fourth-order valence-corrected chi connectivity index (χ4v) is 3.31. The van der Waals surface area contributed by atoms with Gasteiger partial charge in [0.15, 0.2) is 5.03 Å². The van der Waals surface area contributed by atoms with E-state index in [9.17, 15) is 8.42 Å². The van der Waals surface area contributed by atoms with E-state index in [0.29, 0.717) is 11.4 Å². The molecule has 0 radical (unpaired) electrons. The van der Waals surface area contributed by atoms with Crippen LogP contribution in [0.2, 0.25) is 0 Å². The third kappa shape index (κ3) is 2.58. The van der Waals surface area contributed by atoms with Gasteiger partial charge in [0.2, 0.25) is 5.88 Å². The average Bonchev–Trinajstić information content (AvgIpc) is 2.97. The third-order valence-electron chi connectivity index (χ3n) is 3.06. The number of nitrogens with zero attached hydrogens (tertiary/aromatic N) is 4. The second kappa shape index (κ2) is 5.16. The molecule has 0 amide bonds. The Morgan fingerprint density at radius 2 is 2.29 bits per heavy atom. The van der Waals surface area contributed by atoms with Crippen LogP contribution in [0.3, 0.4) is 0 Å². The van der Waals surface area contributed by atoms with Crippen LogP contribution in [-0.4, -0.2) is 46.9 Å². The summed E-state index contributed by atoms with van der Waals surface area (Å²) in [6.45, 7) is 0.472. The molecule has 21 heavy (non-hydrogen) atoms. The van der Waals surface area contributed by atoms with Gasteiger partial charge in [-0.2, -0.15) is 9.57 Å². The van der Waals surface area contributed by atoms with Crippen LogP contribution in [-0.2, 0) is 10.0 Å². The summed E-state index contributed by atoms with van der Waals surface area (Å²) in [6, 6.07) is 5.08. The van der Waals surface area contributed by atoms with E-state index in [-0.39, 0.29) is 24.2 Å². The van der Waals surface area contributed by atoms with Crippen LogP contribution in [0.15, 0.2) is 35.9 Å². The number of imidazole rings is 1. The largest absolute Gasteiger partial charge is 0.471 e. The first kappa shape index (κ1) is 13.5. The average molecular weight is 305 g/mol. The molecule has 9 heteroatoms. The summed E-state index contributed by atoms with van der Waals surface area (Å²) in [6.07, 6.45) is 3.79. The molecule has 2 aromatic heterocycles. The number of pyridine rings is 1. The van der Waals surface area contributed by atoms with Gasteiger partial charge in [0.05, 0.1) is 37.2 Å². The molecule has 0 unspecified atom stereocenters. The monoisotopic (exact) mass is 305 g/mol. The van der Waals surface area contributed by atoms with Crippen LogP contribution in [0.1, 0.15) is 5.56 Å². The maximum Gasteiger partial charge on any atom is 0.260 e. The summed E-state index contributed by atoms with van der Waals surface area (Å²) in [5.74, 6) is 0.317. The minimum atomic E-state index is -3.53. The van der Waals surface area contributed by atoms with Crippen molar-refractivity contribution in [1.29, 1.82) is 5.26 Å². The van der Waals surface area contributed by atoms with Gasteiger partial charge < -0.3 is 9.72 Å². The van der Waals surface area contributed by atoms with Gasteiger partial charge in [-0.3, -0.25) is 0 Å². The molecule has 1 saturated heterocycles.